The fourth-order valence-corrected chi connectivity index (χ4v) is 6.90. The monoisotopic (exact) mass is 683 g/mol. The molecule has 1 fully saturated rings. The molecule has 1 aliphatic carbocycles. The number of hydrogen-bond donors (Lipinski definition) is 1. The van der Waals surface area contributed by atoms with Crippen LogP contribution in [0.1, 0.15) is 43.2 Å². The molecule has 1 saturated carbocycles. The Morgan fingerprint density at radius 3 is 2.12 bits per heavy atom. The molecule has 0 heterocycles. The Morgan fingerprint density at radius 1 is 0.860 bits per heavy atom. The highest BCUT2D eigenvalue weighted by molar-refractivity contribution is 7.92. The van der Waals surface area contributed by atoms with Crippen LogP contribution in [0.15, 0.2) is 66.7 Å². The lowest BCUT2D eigenvalue weighted by molar-refractivity contribution is -0.140. The van der Waals surface area contributed by atoms with E-state index in [9.17, 15) is 18.0 Å². The first-order valence-corrected chi connectivity index (χ1v) is 17.3. The number of rotatable bonds is 11. The van der Waals surface area contributed by atoms with Crippen molar-refractivity contribution in [2.75, 3.05) is 17.1 Å². The van der Waals surface area contributed by atoms with Gasteiger partial charge in [-0.25, -0.2) is 8.42 Å². The van der Waals surface area contributed by atoms with Gasteiger partial charge in [-0.15, -0.1) is 0 Å². The van der Waals surface area contributed by atoms with E-state index in [1.807, 2.05) is 30.3 Å². The molecule has 1 unspecified atom stereocenters. The lowest BCUT2D eigenvalue weighted by Gasteiger charge is -2.35. The van der Waals surface area contributed by atoms with Crippen LogP contribution in [0.25, 0.3) is 0 Å². The van der Waals surface area contributed by atoms with Gasteiger partial charge in [-0.05, 0) is 54.3 Å². The van der Waals surface area contributed by atoms with Crippen molar-refractivity contribution in [3.8, 4) is 0 Å². The van der Waals surface area contributed by atoms with Crippen molar-refractivity contribution in [2.24, 2.45) is 0 Å². The molecule has 1 aliphatic rings. The molecule has 3 aromatic rings. The number of sulfonamides is 1. The predicted molar refractivity (Wildman–Crippen MR) is 175 cm³/mol. The third kappa shape index (κ3) is 9.50. The quantitative estimate of drug-likeness (QED) is 0.232. The fourth-order valence-electron chi connectivity index (χ4n) is 5.23. The van der Waals surface area contributed by atoms with Gasteiger partial charge in [-0.1, -0.05) is 102 Å². The van der Waals surface area contributed by atoms with E-state index in [2.05, 4.69) is 5.32 Å². The Labute approximate surface area is 273 Å². The Balaban J connectivity index is 1.75. The van der Waals surface area contributed by atoms with E-state index in [0.29, 0.717) is 15.6 Å². The maximum Gasteiger partial charge on any atom is 0.244 e. The summed E-state index contributed by atoms with van der Waals surface area (Å²) in [5.74, 6) is -0.895. The SMILES string of the molecule is CS(=O)(=O)N(CC(=O)N(Cc1ccc(Cl)c(Cl)c1)C(Cc1ccccc1)C(=O)NC1CCCCC1)c1cc(Cl)cc(Cl)c1. The predicted octanol–water partition coefficient (Wildman–Crippen LogP) is 7.16. The van der Waals surface area contributed by atoms with Crippen LogP contribution in [0.4, 0.5) is 5.69 Å². The van der Waals surface area contributed by atoms with Crippen LogP contribution in [0.3, 0.4) is 0 Å². The normalized spacial score (nSPS) is 14.6. The zero-order valence-corrected chi connectivity index (χ0v) is 27.5. The van der Waals surface area contributed by atoms with E-state index in [1.165, 1.54) is 23.1 Å². The van der Waals surface area contributed by atoms with Gasteiger partial charge in [-0.3, -0.25) is 13.9 Å². The van der Waals surface area contributed by atoms with Crippen LogP contribution >= 0.6 is 46.4 Å². The molecule has 230 valence electrons. The van der Waals surface area contributed by atoms with Crippen molar-refractivity contribution in [3.63, 3.8) is 0 Å². The molecule has 1 atom stereocenters. The van der Waals surface area contributed by atoms with Crippen molar-refractivity contribution in [1.29, 1.82) is 0 Å². The summed E-state index contributed by atoms with van der Waals surface area (Å²) in [7, 11) is -3.96. The van der Waals surface area contributed by atoms with Crippen LogP contribution in [0, 0.1) is 0 Å². The van der Waals surface area contributed by atoms with Crippen molar-refractivity contribution >= 4 is 73.9 Å². The summed E-state index contributed by atoms with van der Waals surface area (Å²) in [4.78, 5) is 29.7. The second-order valence-corrected chi connectivity index (χ2v) is 14.3. The molecule has 12 heteroatoms. The third-order valence-electron chi connectivity index (χ3n) is 7.37. The molecule has 0 aliphatic heterocycles. The van der Waals surface area contributed by atoms with Crippen molar-refractivity contribution in [2.45, 2.75) is 57.2 Å². The van der Waals surface area contributed by atoms with Gasteiger partial charge in [0.05, 0.1) is 22.0 Å². The lowest BCUT2D eigenvalue weighted by Crippen LogP contribution is -2.55. The molecule has 0 saturated heterocycles. The smallest absolute Gasteiger partial charge is 0.244 e. The largest absolute Gasteiger partial charge is 0.352 e. The highest BCUT2D eigenvalue weighted by atomic mass is 35.5. The van der Waals surface area contributed by atoms with Crippen LogP contribution in [0.2, 0.25) is 20.1 Å². The summed E-state index contributed by atoms with van der Waals surface area (Å²) in [5, 5.41) is 4.23. The minimum atomic E-state index is -3.96. The van der Waals surface area contributed by atoms with Crippen molar-refractivity contribution < 1.29 is 18.0 Å². The van der Waals surface area contributed by atoms with Crippen LogP contribution in [-0.2, 0) is 32.6 Å². The molecule has 2 amide bonds. The minimum absolute atomic E-state index is 0.00238. The Kier molecular flexibility index (Phi) is 11.6. The Morgan fingerprint density at radius 2 is 1.51 bits per heavy atom. The second-order valence-electron chi connectivity index (χ2n) is 10.7. The van der Waals surface area contributed by atoms with Gasteiger partial charge in [0.15, 0.2) is 0 Å². The maximum atomic E-state index is 14.2. The van der Waals surface area contributed by atoms with E-state index in [4.69, 9.17) is 46.4 Å². The van der Waals surface area contributed by atoms with Crippen LogP contribution < -0.4 is 9.62 Å². The molecule has 3 aromatic carbocycles. The standard InChI is InChI=1S/C31H33Cl4N3O4S/c1-43(41,42)38(26-17-23(32)16-24(33)18-26)20-30(39)37(19-22-12-13-27(34)28(35)14-22)29(15-21-8-4-2-5-9-21)31(40)36-25-10-6-3-7-11-25/h2,4-5,8-9,12-14,16-18,25,29H,3,6-7,10-11,15,19-20H2,1H3,(H,36,40). The summed E-state index contributed by atoms with van der Waals surface area (Å²) in [6, 6.07) is 17.7. The molecule has 7 nitrogen and oxygen atoms in total. The number of carbonyl (C=O) groups excluding carboxylic acids is 2. The van der Waals surface area contributed by atoms with Crippen molar-refractivity contribution in [1.82, 2.24) is 10.2 Å². The summed E-state index contributed by atoms with van der Waals surface area (Å²) in [6.45, 7) is -0.599. The van der Waals surface area contributed by atoms with E-state index in [-0.39, 0.29) is 40.6 Å². The van der Waals surface area contributed by atoms with Gasteiger partial charge >= 0.3 is 0 Å². The first-order chi connectivity index (χ1) is 20.4. The molecule has 43 heavy (non-hydrogen) atoms. The third-order valence-corrected chi connectivity index (χ3v) is 9.69. The summed E-state index contributed by atoms with van der Waals surface area (Å²) >= 11 is 24.8. The number of benzene rings is 3. The van der Waals surface area contributed by atoms with Gasteiger partial charge in [0.25, 0.3) is 0 Å². The van der Waals surface area contributed by atoms with E-state index >= 15 is 0 Å². The molecule has 0 spiro atoms. The molecule has 4 rings (SSSR count). The number of carbonyl (C=O) groups is 2. The second kappa shape index (κ2) is 15.0. The van der Waals surface area contributed by atoms with E-state index in [1.54, 1.807) is 18.2 Å². The summed E-state index contributed by atoms with van der Waals surface area (Å²) in [6.07, 6.45) is 6.10. The lowest BCUT2D eigenvalue weighted by atomic mass is 9.94. The Bertz CT molecular complexity index is 1530. The van der Waals surface area contributed by atoms with Crippen LogP contribution in [-0.4, -0.2) is 50.0 Å². The number of nitrogens with one attached hydrogen (secondary N) is 1. The molecule has 0 aromatic heterocycles. The molecule has 1 N–H and O–H groups in total. The highest BCUT2D eigenvalue weighted by Crippen LogP contribution is 2.29. The summed E-state index contributed by atoms with van der Waals surface area (Å²) in [5.41, 5.74) is 1.61. The number of anilines is 1. The van der Waals surface area contributed by atoms with Gasteiger partial charge < -0.3 is 10.2 Å². The average molecular weight is 686 g/mol. The highest BCUT2D eigenvalue weighted by Gasteiger charge is 2.34. The van der Waals surface area contributed by atoms with Gasteiger partial charge in [0.1, 0.15) is 12.6 Å². The molecule has 0 bridgehead atoms. The average Bonchev–Trinajstić information content (AvgIpc) is 2.95. The molecular formula is C31H33Cl4N3O4S. The number of nitrogens with zero attached hydrogens (tertiary/aromatic N) is 2. The molecule has 0 radical (unpaired) electrons. The van der Waals surface area contributed by atoms with Gasteiger partial charge in [-0.2, -0.15) is 0 Å². The maximum absolute atomic E-state index is 14.2. The van der Waals surface area contributed by atoms with Crippen LogP contribution in [0.5, 0.6) is 0 Å². The zero-order chi connectivity index (χ0) is 31.1. The number of amides is 2. The first kappa shape index (κ1) is 33.4. The first-order valence-electron chi connectivity index (χ1n) is 13.9. The fraction of sp³-hybridized carbons (Fsp3) is 0.355. The van der Waals surface area contributed by atoms with Gasteiger partial charge in [0.2, 0.25) is 21.8 Å². The van der Waals surface area contributed by atoms with Gasteiger partial charge in [0, 0.05) is 29.1 Å². The number of hydrogen-bond acceptors (Lipinski definition) is 4. The van der Waals surface area contributed by atoms with E-state index in [0.717, 1.165) is 48.2 Å². The summed E-state index contributed by atoms with van der Waals surface area (Å²) < 4.78 is 26.9. The number of halogens is 4. The zero-order valence-electron chi connectivity index (χ0n) is 23.6. The minimum Gasteiger partial charge on any atom is -0.352 e. The van der Waals surface area contributed by atoms with E-state index < -0.39 is 28.5 Å². The van der Waals surface area contributed by atoms with Crippen molar-refractivity contribution in [3.05, 3.63) is 97.9 Å². The Hall–Kier alpha value is -2.49. The molecular weight excluding hydrogens is 652 g/mol. The topological polar surface area (TPSA) is 86.8 Å².